The Hall–Kier alpha value is -2.96. The SMILES string of the molecule is COc1nc(-c2cccc(-c3cccc4c3CCC4)c2Cl)cnc1CNC[C@@H]1CCC(=O)N1. The van der Waals surface area contributed by atoms with E-state index in [0.717, 1.165) is 36.1 Å². The second kappa shape index (κ2) is 9.49. The summed E-state index contributed by atoms with van der Waals surface area (Å²) in [5, 5.41) is 6.97. The smallest absolute Gasteiger partial charge is 0.237 e. The topological polar surface area (TPSA) is 76.1 Å². The van der Waals surface area contributed by atoms with Crippen LogP contribution >= 0.6 is 11.6 Å². The highest BCUT2D eigenvalue weighted by Crippen LogP contribution is 2.40. The summed E-state index contributed by atoms with van der Waals surface area (Å²) in [5.74, 6) is 0.584. The predicted octanol–water partition coefficient (Wildman–Crippen LogP) is 4.33. The van der Waals surface area contributed by atoms with Crippen molar-refractivity contribution in [2.75, 3.05) is 13.7 Å². The van der Waals surface area contributed by atoms with Gasteiger partial charge in [0.25, 0.3) is 0 Å². The number of rotatable bonds is 7. The van der Waals surface area contributed by atoms with Gasteiger partial charge < -0.3 is 15.4 Å². The third kappa shape index (κ3) is 4.45. The molecule has 33 heavy (non-hydrogen) atoms. The molecule has 2 aliphatic rings. The summed E-state index contributed by atoms with van der Waals surface area (Å²) in [6.45, 7) is 1.19. The molecule has 2 heterocycles. The van der Waals surface area contributed by atoms with Gasteiger partial charge in [-0.1, -0.05) is 48.0 Å². The monoisotopic (exact) mass is 462 g/mol. The molecule has 0 bridgehead atoms. The number of methoxy groups -OCH3 is 1. The highest BCUT2D eigenvalue weighted by Gasteiger charge is 2.21. The van der Waals surface area contributed by atoms with Crippen molar-refractivity contribution >= 4 is 17.5 Å². The fourth-order valence-corrected chi connectivity index (χ4v) is 5.14. The lowest BCUT2D eigenvalue weighted by atomic mass is 9.95. The van der Waals surface area contributed by atoms with E-state index in [9.17, 15) is 4.79 Å². The van der Waals surface area contributed by atoms with Gasteiger partial charge in [-0.2, -0.15) is 0 Å². The highest BCUT2D eigenvalue weighted by molar-refractivity contribution is 6.36. The van der Waals surface area contributed by atoms with Crippen molar-refractivity contribution in [2.45, 2.75) is 44.7 Å². The zero-order valence-electron chi connectivity index (χ0n) is 18.7. The van der Waals surface area contributed by atoms with Crippen molar-refractivity contribution in [2.24, 2.45) is 0 Å². The molecule has 2 aromatic carbocycles. The molecule has 1 saturated heterocycles. The molecule has 170 valence electrons. The lowest BCUT2D eigenvalue weighted by Gasteiger charge is -2.15. The number of hydrogen-bond acceptors (Lipinski definition) is 5. The molecule has 3 aromatic rings. The number of amides is 1. The Bertz CT molecular complexity index is 1200. The summed E-state index contributed by atoms with van der Waals surface area (Å²) in [4.78, 5) is 20.7. The molecule has 0 unspecified atom stereocenters. The zero-order chi connectivity index (χ0) is 22.8. The Labute approximate surface area is 198 Å². The molecule has 1 aliphatic heterocycles. The molecule has 2 N–H and O–H groups in total. The number of halogens is 1. The van der Waals surface area contributed by atoms with Gasteiger partial charge in [0.05, 0.1) is 24.0 Å². The molecule has 5 rings (SSSR count). The number of carbonyl (C=O) groups excluding carboxylic acids is 1. The van der Waals surface area contributed by atoms with Crippen molar-refractivity contribution in [3.63, 3.8) is 0 Å². The first-order chi connectivity index (χ1) is 16.1. The van der Waals surface area contributed by atoms with Crippen molar-refractivity contribution in [1.29, 1.82) is 0 Å². The molecule has 7 heteroatoms. The molecule has 1 amide bonds. The van der Waals surface area contributed by atoms with E-state index in [1.54, 1.807) is 13.3 Å². The molecule has 1 fully saturated rings. The number of nitrogens with zero attached hydrogens (tertiary/aromatic N) is 2. The maximum absolute atomic E-state index is 11.4. The van der Waals surface area contributed by atoms with Crippen molar-refractivity contribution in [3.05, 3.63) is 64.4 Å². The van der Waals surface area contributed by atoms with E-state index in [1.165, 1.54) is 23.1 Å². The third-order valence-electron chi connectivity index (χ3n) is 6.48. The average Bonchev–Trinajstić information content (AvgIpc) is 3.48. The van der Waals surface area contributed by atoms with Crippen LogP contribution in [0, 0.1) is 0 Å². The molecule has 1 atom stereocenters. The summed E-state index contributed by atoms with van der Waals surface area (Å²) >= 11 is 6.93. The van der Waals surface area contributed by atoms with Gasteiger partial charge in [-0.25, -0.2) is 4.98 Å². The van der Waals surface area contributed by atoms with Crippen LogP contribution in [-0.4, -0.2) is 35.6 Å². The number of benzene rings is 2. The number of aryl methyl sites for hydroxylation is 1. The fourth-order valence-electron chi connectivity index (χ4n) is 4.82. The Kier molecular flexibility index (Phi) is 6.29. The van der Waals surface area contributed by atoms with E-state index in [-0.39, 0.29) is 11.9 Å². The van der Waals surface area contributed by atoms with Crippen LogP contribution in [0.15, 0.2) is 42.6 Å². The van der Waals surface area contributed by atoms with E-state index >= 15 is 0 Å². The van der Waals surface area contributed by atoms with Gasteiger partial charge in [0.15, 0.2) is 0 Å². The van der Waals surface area contributed by atoms with Gasteiger partial charge in [-0.05, 0) is 42.4 Å². The van der Waals surface area contributed by atoms with Crippen LogP contribution in [-0.2, 0) is 24.2 Å². The fraction of sp³-hybridized carbons (Fsp3) is 0.346. The molecule has 0 saturated carbocycles. The molecule has 1 aliphatic carbocycles. The van der Waals surface area contributed by atoms with Gasteiger partial charge in [0.1, 0.15) is 5.69 Å². The van der Waals surface area contributed by atoms with Crippen molar-refractivity contribution in [3.8, 4) is 28.3 Å². The Morgan fingerprint density at radius 2 is 1.94 bits per heavy atom. The Morgan fingerprint density at radius 3 is 2.76 bits per heavy atom. The second-order valence-electron chi connectivity index (χ2n) is 8.61. The molecule has 6 nitrogen and oxygen atoms in total. The van der Waals surface area contributed by atoms with Crippen LogP contribution in [0.4, 0.5) is 0 Å². The maximum atomic E-state index is 11.4. The van der Waals surface area contributed by atoms with Crippen LogP contribution in [0.5, 0.6) is 5.88 Å². The van der Waals surface area contributed by atoms with Gasteiger partial charge in [-0.3, -0.25) is 9.78 Å². The highest BCUT2D eigenvalue weighted by atomic mass is 35.5. The number of carbonyl (C=O) groups is 1. The molecular formula is C26H27ClN4O2. The number of ether oxygens (including phenoxy) is 1. The maximum Gasteiger partial charge on any atom is 0.237 e. The van der Waals surface area contributed by atoms with Gasteiger partial charge in [0, 0.05) is 36.7 Å². The predicted molar refractivity (Wildman–Crippen MR) is 129 cm³/mol. The first-order valence-corrected chi connectivity index (χ1v) is 11.8. The third-order valence-corrected chi connectivity index (χ3v) is 6.89. The zero-order valence-corrected chi connectivity index (χ0v) is 19.4. The lowest BCUT2D eigenvalue weighted by Crippen LogP contribution is -2.35. The van der Waals surface area contributed by atoms with E-state index in [2.05, 4.69) is 39.9 Å². The number of fused-ring (bicyclic) bond motifs is 1. The molecular weight excluding hydrogens is 436 g/mol. The normalized spacial score (nSPS) is 17.2. The second-order valence-corrected chi connectivity index (χ2v) is 8.99. The van der Waals surface area contributed by atoms with Gasteiger partial charge in [0.2, 0.25) is 11.8 Å². The van der Waals surface area contributed by atoms with Crippen LogP contribution in [0.25, 0.3) is 22.4 Å². The molecule has 0 radical (unpaired) electrons. The van der Waals surface area contributed by atoms with Crippen molar-refractivity contribution < 1.29 is 9.53 Å². The minimum absolute atomic E-state index is 0.114. The standard InChI is InChI=1S/C26H27ClN4O2/c1-33-26-23(14-28-13-17-11-12-24(32)30-17)29-15-22(31-26)21-10-4-9-20(25(21)27)19-8-3-6-16-5-2-7-18(16)19/h3-4,6,8-10,15,17,28H,2,5,7,11-14H2,1H3,(H,30,32)/t17-/m0/s1. The first kappa shape index (κ1) is 21.9. The van der Waals surface area contributed by atoms with Gasteiger partial charge >= 0.3 is 0 Å². The minimum atomic E-state index is 0.114. The summed E-state index contributed by atoms with van der Waals surface area (Å²) < 4.78 is 5.54. The van der Waals surface area contributed by atoms with E-state index in [1.807, 2.05) is 12.1 Å². The summed E-state index contributed by atoms with van der Waals surface area (Å²) in [6, 6.07) is 12.7. The number of hydrogen-bond donors (Lipinski definition) is 2. The van der Waals surface area contributed by atoms with Crippen LogP contribution in [0.3, 0.4) is 0 Å². The largest absolute Gasteiger partial charge is 0.480 e. The minimum Gasteiger partial charge on any atom is -0.480 e. The van der Waals surface area contributed by atoms with Crippen LogP contribution < -0.4 is 15.4 Å². The van der Waals surface area contributed by atoms with Crippen molar-refractivity contribution in [1.82, 2.24) is 20.6 Å². The number of nitrogens with one attached hydrogen (secondary N) is 2. The van der Waals surface area contributed by atoms with Gasteiger partial charge in [-0.15, -0.1) is 0 Å². The van der Waals surface area contributed by atoms with E-state index in [0.29, 0.717) is 36.1 Å². The van der Waals surface area contributed by atoms with E-state index in [4.69, 9.17) is 21.3 Å². The Balaban J connectivity index is 1.39. The summed E-state index contributed by atoms with van der Waals surface area (Å²) in [6.07, 6.45) is 6.60. The lowest BCUT2D eigenvalue weighted by molar-refractivity contribution is -0.119. The average molecular weight is 463 g/mol. The quantitative estimate of drug-likeness (QED) is 0.546. The number of aromatic nitrogens is 2. The molecule has 1 aromatic heterocycles. The van der Waals surface area contributed by atoms with E-state index < -0.39 is 0 Å². The molecule has 0 spiro atoms. The van der Waals surface area contributed by atoms with Crippen LogP contribution in [0.1, 0.15) is 36.1 Å². The van der Waals surface area contributed by atoms with Crippen LogP contribution in [0.2, 0.25) is 5.02 Å². The summed E-state index contributed by atoms with van der Waals surface area (Å²) in [7, 11) is 1.60. The first-order valence-electron chi connectivity index (χ1n) is 11.4. The summed E-state index contributed by atoms with van der Waals surface area (Å²) in [5.41, 5.74) is 7.29. The Morgan fingerprint density at radius 1 is 1.12 bits per heavy atom.